The first-order valence-electron chi connectivity index (χ1n) is 3.07. The highest BCUT2D eigenvalue weighted by Gasteiger charge is 1.93. The van der Waals surface area contributed by atoms with Crippen molar-refractivity contribution in [1.82, 2.24) is 25.1 Å². The van der Waals surface area contributed by atoms with Gasteiger partial charge >= 0.3 is 0 Å². The first kappa shape index (κ1) is 7.14. The minimum Gasteiger partial charge on any atom is -0.308 e. The third kappa shape index (κ3) is 2.10. The van der Waals surface area contributed by atoms with Gasteiger partial charge < -0.3 is 4.90 Å². The Morgan fingerprint density at radius 1 is 1.50 bits per heavy atom. The first-order chi connectivity index (χ1) is 4.79. The van der Waals surface area contributed by atoms with Gasteiger partial charge in [-0.15, -0.1) is 5.10 Å². The summed E-state index contributed by atoms with van der Waals surface area (Å²) in [7, 11) is 4.01. The number of nitrogens with zero attached hydrogens (tertiary/aromatic N) is 5. The van der Waals surface area contributed by atoms with Gasteiger partial charge in [-0.25, -0.2) is 4.68 Å². The number of aromatic nitrogens is 4. The van der Waals surface area contributed by atoms with E-state index in [4.69, 9.17) is 0 Å². The zero-order chi connectivity index (χ0) is 7.40. The molecule has 0 saturated heterocycles. The molecule has 0 unspecified atom stereocenters. The summed E-state index contributed by atoms with van der Waals surface area (Å²) in [6, 6.07) is 0. The van der Waals surface area contributed by atoms with Gasteiger partial charge in [-0.1, -0.05) is 0 Å². The summed E-state index contributed by atoms with van der Waals surface area (Å²) in [4.78, 5) is 2.06. The van der Waals surface area contributed by atoms with Crippen LogP contribution in [0, 0.1) is 6.33 Å². The van der Waals surface area contributed by atoms with E-state index in [2.05, 4.69) is 26.8 Å². The van der Waals surface area contributed by atoms with Crippen molar-refractivity contribution in [2.24, 2.45) is 0 Å². The molecule has 5 heteroatoms. The molecule has 0 aliphatic carbocycles. The highest BCUT2D eigenvalue weighted by Crippen LogP contribution is 1.78. The maximum atomic E-state index is 3.66. The van der Waals surface area contributed by atoms with E-state index in [1.54, 1.807) is 4.68 Å². The molecule has 0 spiro atoms. The Kier molecular flexibility index (Phi) is 2.33. The number of likely N-dealkylation sites (N-methyl/N-ethyl adjacent to an activating group) is 1. The van der Waals surface area contributed by atoms with Gasteiger partial charge in [-0.3, -0.25) is 0 Å². The summed E-state index contributed by atoms with van der Waals surface area (Å²) < 4.78 is 1.58. The molecule has 1 heterocycles. The van der Waals surface area contributed by atoms with Crippen molar-refractivity contribution < 1.29 is 0 Å². The van der Waals surface area contributed by atoms with E-state index >= 15 is 0 Å². The van der Waals surface area contributed by atoms with Crippen molar-refractivity contribution >= 4 is 0 Å². The lowest BCUT2D eigenvalue weighted by Gasteiger charge is -2.06. The van der Waals surface area contributed by atoms with Gasteiger partial charge in [0.1, 0.15) is 0 Å². The molecule has 0 aromatic carbocycles. The van der Waals surface area contributed by atoms with Crippen LogP contribution in [0.1, 0.15) is 0 Å². The lowest BCUT2D eigenvalue weighted by atomic mass is 10.6. The third-order valence-electron chi connectivity index (χ3n) is 1.11. The normalized spacial score (nSPS) is 10.7. The van der Waals surface area contributed by atoms with E-state index in [-0.39, 0.29) is 0 Å². The second-order valence-electron chi connectivity index (χ2n) is 2.31. The minimum absolute atomic E-state index is 0.792. The maximum absolute atomic E-state index is 3.66. The quantitative estimate of drug-likeness (QED) is 0.542. The third-order valence-corrected chi connectivity index (χ3v) is 1.11. The van der Waals surface area contributed by atoms with Crippen molar-refractivity contribution in [3.63, 3.8) is 0 Å². The molecule has 0 saturated carbocycles. The molecule has 0 aliphatic rings. The number of rotatable bonds is 3. The van der Waals surface area contributed by atoms with Gasteiger partial charge in [0, 0.05) is 6.54 Å². The molecule has 0 aliphatic heterocycles. The predicted molar refractivity (Wildman–Crippen MR) is 35.2 cm³/mol. The van der Waals surface area contributed by atoms with Gasteiger partial charge in [0.15, 0.2) is 0 Å². The molecule has 0 amide bonds. The molecule has 0 N–H and O–H groups in total. The van der Waals surface area contributed by atoms with E-state index in [0.29, 0.717) is 0 Å². The Hall–Kier alpha value is -0.970. The molecule has 1 aromatic rings. The minimum atomic E-state index is 0.792. The van der Waals surface area contributed by atoms with Crippen LogP contribution in [0.25, 0.3) is 0 Å². The van der Waals surface area contributed by atoms with E-state index in [0.717, 1.165) is 13.1 Å². The second-order valence-corrected chi connectivity index (χ2v) is 2.31. The lowest BCUT2D eigenvalue weighted by molar-refractivity contribution is 0.369. The Balaban J connectivity index is 2.28. The van der Waals surface area contributed by atoms with Gasteiger partial charge in [0.2, 0.25) is 6.33 Å². The van der Waals surface area contributed by atoms with Crippen LogP contribution in [0.5, 0.6) is 0 Å². The molecule has 10 heavy (non-hydrogen) atoms. The second kappa shape index (κ2) is 3.26. The number of hydrogen-bond donors (Lipinski definition) is 0. The van der Waals surface area contributed by atoms with Crippen LogP contribution >= 0.6 is 0 Å². The highest BCUT2D eigenvalue weighted by atomic mass is 15.5. The largest absolute Gasteiger partial charge is 0.308 e. The summed E-state index contributed by atoms with van der Waals surface area (Å²) in [6.45, 7) is 1.72. The Bertz CT molecular complexity index is 168. The molecule has 5 nitrogen and oxygen atoms in total. The van der Waals surface area contributed by atoms with Crippen LogP contribution in [0.2, 0.25) is 0 Å². The first-order valence-corrected chi connectivity index (χ1v) is 3.07. The van der Waals surface area contributed by atoms with Crippen LogP contribution < -0.4 is 0 Å². The topological polar surface area (TPSA) is 46.8 Å². The van der Waals surface area contributed by atoms with Crippen LogP contribution in [0.3, 0.4) is 0 Å². The zero-order valence-electron chi connectivity index (χ0n) is 6.15. The molecule has 55 valence electrons. The standard InChI is InChI=1S/C5H10N5/c1-9(2)3-4-10-5-6-7-8-10/h3-4H2,1-2H3. The summed E-state index contributed by atoms with van der Waals surface area (Å²) in [5, 5.41) is 10.5. The lowest BCUT2D eigenvalue weighted by Crippen LogP contribution is -2.18. The number of hydrogen-bond acceptors (Lipinski definition) is 4. The molecule has 0 fully saturated rings. The zero-order valence-corrected chi connectivity index (χ0v) is 6.15. The Morgan fingerprint density at radius 3 is 2.80 bits per heavy atom. The fraction of sp³-hybridized carbons (Fsp3) is 0.800. The average molecular weight is 140 g/mol. The van der Waals surface area contributed by atoms with Gasteiger partial charge in [0.25, 0.3) is 0 Å². The molecule has 0 atom stereocenters. The Labute approximate surface area is 59.6 Å². The van der Waals surface area contributed by atoms with E-state index in [1.807, 2.05) is 14.1 Å². The van der Waals surface area contributed by atoms with Crippen molar-refractivity contribution in [2.75, 3.05) is 20.6 Å². The summed E-state index contributed by atoms with van der Waals surface area (Å²) >= 11 is 0. The van der Waals surface area contributed by atoms with E-state index in [9.17, 15) is 0 Å². The summed E-state index contributed by atoms with van der Waals surface area (Å²) in [5.74, 6) is 0. The fourth-order valence-electron chi connectivity index (χ4n) is 0.549. The molecule has 0 bridgehead atoms. The molecule has 1 rings (SSSR count). The van der Waals surface area contributed by atoms with E-state index in [1.165, 1.54) is 0 Å². The van der Waals surface area contributed by atoms with Crippen LogP contribution in [-0.4, -0.2) is 45.7 Å². The van der Waals surface area contributed by atoms with Crippen molar-refractivity contribution in [3.8, 4) is 0 Å². The van der Waals surface area contributed by atoms with Crippen molar-refractivity contribution in [2.45, 2.75) is 6.54 Å². The molecular formula is C5H10N5. The van der Waals surface area contributed by atoms with Crippen molar-refractivity contribution in [3.05, 3.63) is 6.33 Å². The van der Waals surface area contributed by atoms with Gasteiger partial charge in [-0.05, 0) is 24.5 Å². The number of tetrazole rings is 1. The van der Waals surface area contributed by atoms with Crippen LogP contribution in [0.15, 0.2) is 0 Å². The average Bonchev–Trinajstić information content (AvgIpc) is 2.34. The molecule has 1 aromatic heterocycles. The monoisotopic (exact) mass is 140 g/mol. The molecule has 1 radical (unpaired) electrons. The summed E-state index contributed by atoms with van der Waals surface area (Å²) in [5.41, 5.74) is 0. The smallest absolute Gasteiger partial charge is 0.221 e. The van der Waals surface area contributed by atoms with Crippen molar-refractivity contribution in [1.29, 1.82) is 0 Å². The fourth-order valence-corrected chi connectivity index (χ4v) is 0.549. The van der Waals surface area contributed by atoms with Crippen LogP contribution in [0.4, 0.5) is 0 Å². The summed E-state index contributed by atoms with van der Waals surface area (Å²) in [6.07, 6.45) is 2.61. The maximum Gasteiger partial charge on any atom is 0.221 e. The highest BCUT2D eigenvalue weighted by molar-refractivity contribution is 4.46. The van der Waals surface area contributed by atoms with E-state index < -0.39 is 0 Å². The Morgan fingerprint density at radius 2 is 2.30 bits per heavy atom. The predicted octanol–water partition coefficient (Wildman–Crippen LogP) is -0.965. The SMILES string of the molecule is CN(C)CCn1[c]nnn1. The molecular weight excluding hydrogens is 130 g/mol. The van der Waals surface area contributed by atoms with Gasteiger partial charge in [-0.2, -0.15) is 0 Å². The van der Waals surface area contributed by atoms with Gasteiger partial charge in [0.05, 0.1) is 6.54 Å². The van der Waals surface area contributed by atoms with Crippen LogP contribution in [-0.2, 0) is 6.54 Å².